The van der Waals surface area contributed by atoms with E-state index in [0.29, 0.717) is 13.0 Å². The Balaban J connectivity index is 2.65. The van der Waals surface area contributed by atoms with Crippen molar-refractivity contribution in [1.82, 2.24) is 5.32 Å². The molecule has 1 aromatic carbocycles. The molecule has 3 nitrogen and oxygen atoms in total. The van der Waals surface area contributed by atoms with E-state index in [9.17, 15) is 10.2 Å². The van der Waals surface area contributed by atoms with E-state index in [1.165, 1.54) is 0 Å². The standard InChI is InChI=1S/C15H23NO2/c1-4-15(10-17,11-18)16-9-13-5-7-14(8-6-13)12(2)3/h5-8,16-18H,2,4,9-11H2,1,3H3. The minimum atomic E-state index is -0.590. The van der Waals surface area contributed by atoms with Crippen LogP contribution in [0.15, 0.2) is 30.8 Å². The van der Waals surface area contributed by atoms with Crippen LogP contribution in [0.1, 0.15) is 31.4 Å². The molecular formula is C15H23NO2. The second-order valence-electron chi connectivity index (χ2n) is 4.78. The largest absolute Gasteiger partial charge is 0.394 e. The number of nitrogens with one attached hydrogen (secondary N) is 1. The summed E-state index contributed by atoms with van der Waals surface area (Å²) in [5.74, 6) is 0. The molecule has 0 aliphatic carbocycles. The van der Waals surface area contributed by atoms with Crippen molar-refractivity contribution in [3.05, 3.63) is 42.0 Å². The van der Waals surface area contributed by atoms with Crippen LogP contribution in [-0.2, 0) is 6.54 Å². The molecule has 0 heterocycles. The molecule has 0 saturated carbocycles. The summed E-state index contributed by atoms with van der Waals surface area (Å²) in [5.41, 5.74) is 2.71. The number of hydrogen-bond acceptors (Lipinski definition) is 3. The van der Waals surface area contributed by atoms with Gasteiger partial charge in [0.25, 0.3) is 0 Å². The Morgan fingerprint density at radius 2 is 1.78 bits per heavy atom. The number of aliphatic hydroxyl groups is 2. The predicted octanol–water partition coefficient (Wildman–Crippen LogP) is 1.94. The Kier molecular flexibility index (Phi) is 5.54. The predicted molar refractivity (Wildman–Crippen MR) is 75.2 cm³/mol. The molecule has 0 unspecified atom stereocenters. The summed E-state index contributed by atoms with van der Waals surface area (Å²) in [7, 11) is 0. The first-order chi connectivity index (χ1) is 8.56. The summed E-state index contributed by atoms with van der Waals surface area (Å²) in [6.45, 7) is 8.32. The summed E-state index contributed by atoms with van der Waals surface area (Å²) >= 11 is 0. The first kappa shape index (κ1) is 14.9. The molecule has 0 amide bonds. The molecule has 3 heteroatoms. The van der Waals surface area contributed by atoms with Crippen molar-refractivity contribution in [3.8, 4) is 0 Å². The second kappa shape index (κ2) is 6.69. The van der Waals surface area contributed by atoms with E-state index >= 15 is 0 Å². The monoisotopic (exact) mass is 249 g/mol. The Hall–Kier alpha value is -1.16. The maximum atomic E-state index is 9.34. The number of rotatable bonds is 7. The molecule has 0 aliphatic heterocycles. The molecule has 0 bridgehead atoms. The fourth-order valence-corrected chi connectivity index (χ4v) is 1.71. The zero-order valence-electron chi connectivity index (χ0n) is 11.2. The van der Waals surface area contributed by atoms with Crippen LogP contribution in [0.5, 0.6) is 0 Å². The van der Waals surface area contributed by atoms with Crippen molar-refractivity contribution in [1.29, 1.82) is 0 Å². The lowest BCUT2D eigenvalue weighted by molar-refractivity contribution is 0.0864. The van der Waals surface area contributed by atoms with Crippen LogP contribution in [0.4, 0.5) is 0 Å². The van der Waals surface area contributed by atoms with E-state index in [2.05, 4.69) is 11.9 Å². The van der Waals surface area contributed by atoms with Crippen LogP contribution in [0.2, 0.25) is 0 Å². The van der Waals surface area contributed by atoms with Gasteiger partial charge in [-0.25, -0.2) is 0 Å². The van der Waals surface area contributed by atoms with E-state index in [-0.39, 0.29) is 13.2 Å². The smallest absolute Gasteiger partial charge is 0.0648 e. The van der Waals surface area contributed by atoms with Gasteiger partial charge in [-0.05, 0) is 24.5 Å². The van der Waals surface area contributed by atoms with E-state index in [1.54, 1.807) is 0 Å². The third kappa shape index (κ3) is 3.67. The van der Waals surface area contributed by atoms with Crippen LogP contribution in [0.3, 0.4) is 0 Å². The second-order valence-corrected chi connectivity index (χ2v) is 4.78. The lowest BCUT2D eigenvalue weighted by atomic mass is 9.98. The van der Waals surface area contributed by atoms with Gasteiger partial charge >= 0.3 is 0 Å². The molecule has 0 fully saturated rings. The van der Waals surface area contributed by atoms with Gasteiger partial charge in [-0.2, -0.15) is 0 Å². The fourth-order valence-electron chi connectivity index (χ4n) is 1.71. The number of allylic oxidation sites excluding steroid dienone is 1. The average Bonchev–Trinajstić information content (AvgIpc) is 2.41. The van der Waals surface area contributed by atoms with E-state index in [0.717, 1.165) is 16.7 Å². The number of aliphatic hydroxyl groups excluding tert-OH is 2. The van der Waals surface area contributed by atoms with Gasteiger partial charge in [0, 0.05) is 6.54 Å². The van der Waals surface area contributed by atoms with Gasteiger partial charge in [0.05, 0.1) is 18.8 Å². The lowest BCUT2D eigenvalue weighted by Gasteiger charge is -2.30. The van der Waals surface area contributed by atoms with Crippen molar-refractivity contribution in [3.63, 3.8) is 0 Å². The van der Waals surface area contributed by atoms with Crippen molar-refractivity contribution in [2.24, 2.45) is 0 Å². The molecule has 1 rings (SSSR count). The maximum Gasteiger partial charge on any atom is 0.0648 e. The van der Waals surface area contributed by atoms with Crippen molar-refractivity contribution in [2.45, 2.75) is 32.4 Å². The molecule has 100 valence electrons. The van der Waals surface area contributed by atoms with Crippen LogP contribution >= 0.6 is 0 Å². The summed E-state index contributed by atoms with van der Waals surface area (Å²) < 4.78 is 0. The van der Waals surface area contributed by atoms with E-state index < -0.39 is 5.54 Å². The summed E-state index contributed by atoms with van der Waals surface area (Å²) in [6.07, 6.45) is 0.684. The molecular weight excluding hydrogens is 226 g/mol. The minimum absolute atomic E-state index is 0.0656. The van der Waals surface area contributed by atoms with Crippen LogP contribution in [0, 0.1) is 0 Å². The van der Waals surface area contributed by atoms with Gasteiger partial charge < -0.3 is 15.5 Å². The summed E-state index contributed by atoms with van der Waals surface area (Å²) in [4.78, 5) is 0. The van der Waals surface area contributed by atoms with Crippen molar-refractivity contribution < 1.29 is 10.2 Å². The van der Waals surface area contributed by atoms with E-state index in [4.69, 9.17) is 0 Å². The molecule has 3 N–H and O–H groups in total. The van der Waals surface area contributed by atoms with Crippen LogP contribution in [0.25, 0.3) is 5.57 Å². The van der Waals surface area contributed by atoms with Crippen molar-refractivity contribution >= 4 is 5.57 Å². The quantitative estimate of drug-likeness (QED) is 0.692. The molecule has 0 aliphatic rings. The third-order valence-corrected chi connectivity index (χ3v) is 3.40. The fraction of sp³-hybridized carbons (Fsp3) is 0.467. The highest BCUT2D eigenvalue weighted by Crippen LogP contribution is 2.14. The molecule has 0 spiro atoms. The first-order valence-corrected chi connectivity index (χ1v) is 6.28. The summed E-state index contributed by atoms with van der Waals surface area (Å²) in [5, 5.41) is 21.9. The van der Waals surface area contributed by atoms with Gasteiger partial charge in [0.15, 0.2) is 0 Å². The molecule has 0 atom stereocenters. The number of hydrogen-bond donors (Lipinski definition) is 3. The van der Waals surface area contributed by atoms with Gasteiger partial charge in [-0.3, -0.25) is 0 Å². The first-order valence-electron chi connectivity index (χ1n) is 6.28. The maximum absolute atomic E-state index is 9.34. The molecule has 0 saturated heterocycles. The molecule has 0 aromatic heterocycles. The Labute approximate surface area is 109 Å². The Bertz CT molecular complexity index is 372. The third-order valence-electron chi connectivity index (χ3n) is 3.40. The molecule has 0 radical (unpaired) electrons. The highest BCUT2D eigenvalue weighted by molar-refractivity contribution is 5.61. The highest BCUT2D eigenvalue weighted by atomic mass is 16.3. The van der Waals surface area contributed by atoms with Gasteiger partial charge in [-0.15, -0.1) is 0 Å². The minimum Gasteiger partial charge on any atom is -0.394 e. The number of benzene rings is 1. The van der Waals surface area contributed by atoms with Gasteiger partial charge in [0.1, 0.15) is 0 Å². The lowest BCUT2D eigenvalue weighted by Crippen LogP contribution is -2.50. The zero-order chi connectivity index (χ0) is 13.6. The summed E-state index contributed by atoms with van der Waals surface area (Å²) in [6, 6.07) is 8.13. The highest BCUT2D eigenvalue weighted by Gasteiger charge is 2.25. The van der Waals surface area contributed by atoms with Crippen LogP contribution in [-0.4, -0.2) is 29.0 Å². The molecule has 1 aromatic rings. The normalized spacial score (nSPS) is 11.6. The zero-order valence-corrected chi connectivity index (χ0v) is 11.2. The SMILES string of the molecule is C=C(C)c1ccc(CNC(CC)(CO)CO)cc1. The van der Waals surface area contributed by atoms with Crippen LogP contribution < -0.4 is 5.32 Å². The topological polar surface area (TPSA) is 52.5 Å². The van der Waals surface area contributed by atoms with Crippen molar-refractivity contribution in [2.75, 3.05) is 13.2 Å². The molecule has 18 heavy (non-hydrogen) atoms. The Morgan fingerprint density at radius 1 is 1.22 bits per heavy atom. The van der Waals surface area contributed by atoms with Gasteiger partial charge in [-0.1, -0.05) is 43.3 Å². The van der Waals surface area contributed by atoms with E-state index in [1.807, 2.05) is 38.1 Å². The average molecular weight is 249 g/mol. The van der Waals surface area contributed by atoms with Gasteiger partial charge in [0.2, 0.25) is 0 Å². The Morgan fingerprint density at radius 3 is 2.17 bits per heavy atom.